The summed E-state index contributed by atoms with van der Waals surface area (Å²) in [5.74, 6) is -0.897. The molecule has 0 atom stereocenters. The molecule has 1 saturated carbocycles. The molecular weight excluding hydrogens is 206 g/mol. The van der Waals surface area contributed by atoms with Crippen LogP contribution in [0.25, 0.3) is 0 Å². The van der Waals surface area contributed by atoms with E-state index in [1.165, 1.54) is 0 Å². The first-order valence-electron chi connectivity index (χ1n) is 5.69. The highest BCUT2D eigenvalue weighted by molar-refractivity contribution is 5.87. The summed E-state index contributed by atoms with van der Waals surface area (Å²) in [7, 11) is 2.02. The quantitative estimate of drug-likeness (QED) is 0.806. The molecule has 1 fully saturated rings. The number of nitrogens with zero attached hydrogens (tertiary/aromatic N) is 3. The van der Waals surface area contributed by atoms with Crippen molar-refractivity contribution in [3.63, 3.8) is 0 Å². The summed E-state index contributed by atoms with van der Waals surface area (Å²) in [5, 5.41) is 13.4. The maximum atomic E-state index is 11.1. The molecule has 5 nitrogen and oxygen atoms in total. The third-order valence-corrected chi connectivity index (χ3v) is 3.37. The summed E-state index contributed by atoms with van der Waals surface area (Å²) < 4.78 is 1.96. The van der Waals surface area contributed by atoms with E-state index in [0.29, 0.717) is 12.6 Å². The van der Waals surface area contributed by atoms with Crippen LogP contribution in [0.1, 0.15) is 40.6 Å². The molecule has 1 N–H and O–H groups in total. The van der Waals surface area contributed by atoms with E-state index in [1.807, 2.05) is 11.7 Å². The van der Waals surface area contributed by atoms with Crippen LogP contribution in [0.4, 0.5) is 0 Å². The monoisotopic (exact) mass is 221 g/mol. The van der Waals surface area contributed by atoms with E-state index >= 15 is 0 Å². The number of hydrogen-bond donors (Lipinski definition) is 1. The van der Waals surface area contributed by atoms with Crippen molar-refractivity contribution in [1.82, 2.24) is 14.7 Å². The van der Waals surface area contributed by atoms with Crippen LogP contribution in [0, 0.1) is 0 Å². The van der Waals surface area contributed by atoms with Gasteiger partial charge in [0.05, 0.1) is 6.04 Å². The summed E-state index contributed by atoms with van der Waals surface area (Å²) in [5.41, 5.74) is 2.33. The molecule has 3 rings (SSSR count). The zero-order valence-corrected chi connectivity index (χ0v) is 9.31. The molecule has 1 aromatic rings. The number of carbonyl (C=O) groups is 1. The minimum atomic E-state index is -0.897. The molecule has 1 aromatic heterocycles. The van der Waals surface area contributed by atoms with Crippen LogP contribution in [-0.4, -0.2) is 39.3 Å². The highest BCUT2D eigenvalue weighted by Crippen LogP contribution is 2.37. The Morgan fingerprint density at radius 2 is 2.25 bits per heavy atom. The Labute approximate surface area is 93.7 Å². The lowest BCUT2D eigenvalue weighted by atomic mass is 10.1. The fraction of sp³-hybridized carbons (Fsp3) is 0.636. The Hall–Kier alpha value is -1.36. The fourth-order valence-corrected chi connectivity index (χ4v) is 2.37. The predicted molar refractivity (Wildman–Crippen MR) is 57.5 cm³/mol. The molecule has 0 aromatic carbocycles. The van der Waals surface area contributed by atoms with Gasteiger partial charge in [-0.15, -0.1) is 0 Å². The molecule has 2 aliphatic rings. The molecule has 0 saturated heterocycles. The summed E-state index contributed by atoms with van der Waals surface area (Å²) >= 11 is 0. The van der Waals surface area contributed by atoms with E-state index in [2.05, 4.69) is 10.00 Å². The Kier molecular flexibility index (Phi) is 2.04. The second kappa shape index (κ2) is 3.31. The molecule has 0 bridgehead atoms. The molecule has 0 unspecified atom stereocenters. The van der Waals surface area contributed by atoms with Gasteiger partial charge in [-0.05, 0) is 19.9 Å². The molecule has 1 aliphatic carbocycles. The Morgan fingerprint density at radius 3 is 2.88 bits per heavy atom. The molecule has 1 aliphatic heterocycles. The van der Waals surface area contributed by atoms with Crippen molar-refractivity contribution in [2.24, 2.45) is 0 Å². The summed E-state index contributed by atoms with van der Waals surface area (Å²) in [4.78, 5) is 13.3. The molecule has 86 valence electrons. The van der Waals surface area contributed by atoms with Crippen LogP contribution in [0.2, 0.25) is 0 Å². The number of fused-ring (bicyclic) bond motifs is 1. The molecule has 5 heteroatoms. The Morgan fingerprint density at radius 1 is 1.50 bits per heavy atom. The van der Waals surface area contributed by atoms with Crippen molar-refractivity contribution in [2.45, 2.75) is 31.8 Å². The largest absolute Gasteiger partial charge is 0.476 e. The number of likely N-dealkylation sites (N-methyl/N-ethyl adjacent to an activating group) is 1. The number of rotatable bonds is 2. The van der Waals surface area contributed by atoms with Gasteiger partial charge in [-0.3, -0.25) is 4.68 Å². The van der Waals surface area contributed by atoms with Crippen molar-refractivity contribution >= 4 is 5.97 Å². The summed E-state index contributed by atoms with van der Waals surface area (Å²) in [6.45, 7) is 1.70. The lowest BCUT2D eigenvalue weighted by Gasteiger charge is -2.23. The van der Waals surface area contributed by atoms with Gasteiger partial charge in [0, 0.05) is 30.8 Å². The SMILES string of the molecule is CN1CCc2c(c(C(=O)O)nn2C2CC2)C1. The van der Waals surface area contributed by atoms with Crippen LogP contribution in [0.5, 0.6) is 0 Å². The van der Waals surface area contributed by atoms with E-state index in [4.69, 9.17) is 5.11 Å². The van der Waals surface area contributed by atoms with Gasteiger partial charge in [-0.2, -0.15) is 5.10 Å². The van der Waals surface area contributed by atoms with Crippen LogP contribution in [0.3, 0.4) is 0 Å². The third kappa shape index (κ3) is 1.43. The van der Waals surface area contributed by atoms with Crippen LogP contribution in [0.15, 0.2) is 0 Å². The van der Waals surface area contributed by atoms with Crippen molar-refractivity contribution in [1.29, 1.82) is 0 Å². The zero-order valence-electron chi connectivity index (χ0n) is 9.31. The topological polar surface area (TPSA) is 58.4 Å². The first-order valence-corrected chi connectivity index (χ1v) is 5.69. The number of carboxylic acid groups (broad SMARTS) is 1. The number of aromatic carboxylic acids is 1. The maximum Gasteiger partial charge on any atom is 0.356 e. The standard InChI is InChI=1S/C11H15N3O2/c1-13-5-4-9-8(6-13)10(11(15)16)12-14(9)7-2-3-7/h7H,2-6H2,1H3,(H,15,16). The molecular formula is C11H15N3O2. The van der Waals surface area contributed by atoms with Gasteiger partial charge in [-0.25, -0.2) is 4.79 Å². The number of carboxylic acids is 1. The third-order valence-electron chi connectivity index (χ3n) is 3.37. The van der Waals surface area contributed by atoms with E-state index in [-0.39, 0.29) is 5.69 Å². The maximum absolute atomic E-state index is 11.1. The van der Waals surface area contributed by atoms with Gasteiger partial charge >= 0.3 is 5.97 Å². The van der Waals surface area contributed by atoms with Crippen LogP contribution < -0.4 is 0 Å². The summed E-state index contributed by atoms with van der Waals surface area (Å²) in [6.07, 6.45) is 3.20. The van der Waals surface area contributed by atoms with Gasteiger partial charge in [0.25, 0.3) is 0 Å². The van der Waals surface area contributed by atoms with Crippen molar-refractivity contribution in [2.75, 3.05) is 13.6 Å². The second-order valence-corrected chi connectivity index (χ2v) is 4.74. The first-order chi connectivity index (χ1) is 7.66. The normalized spacial score (nSPS) is 20.8. The average molecular weight is 221 g/mol. The number of aromatic nitrogens is 2. The zero-order chi connectivity index (χ0) is 11.3. The van der Waals surface area contributed by atoms with Gasteiger partial charge in [0.15, 0.2) is 5.69 Å². The molecule has 0 amide bonds. The van der Waals surface area contributed by atoms with Gasteiger partial charge in [0.1, 0.15) is 0 Å². The van der Waals surface area contributed by atoms with Gasteiger partial charge < -0.3 is 10.0 Å². The molecule has 0 radical (unpaired) electrons. The average Bonchev–Trinajstić information content (AvgIpc) is 2.99. The second-order valence-electron chi connectivity index (χ2n) is 4.74. The van der Waals surface area contributed by atoms with Crippen LogP contribution in [-0.2, 0) is 13.0 Å². The minimum absolute atomic E-state index is 0.258. The first kappa shape index (κ1) is 9.84. The van der Waals surface area contributed by atoms with Crippen molar-refractivity contribution < 1.29 is 9.90 Å². The van der Waals surface area contributed by atoms with Gasteiger partial charge in [-0.1, -0.05) is 0 Å². The highest BCUT2D eigenvalue weighted by Gasteiger charge is 2.33. The molecule has 16 heavy (non-hydrogen) atoms. The lowest BCUT2D eigenvalue weighted by Crippen LogP contribution is -2.28. The highest BCUT2D eigenvalue weighted by atomic mass is 16.4. The minimum Gasteiger partial charge on any atom is -0.476 e. The Balaban J connectivity index is 2.09. The number of hydrogen-bond acceptors (Lipinski definition) is 3. The van der Waals surface area contributed by atoms with Crippen molar-refractivity contribution in [3.8, 4) is 0 Å². The van der Waals surface area contributed by atoms with E-state index < -0.39 is 5.97 Å². The molecule has 2 heterocycles. The van der Waals surface area contributed by atoms with E-state index in [0.717, 1.165) is 37.1 Å². The van der Waals surface area contributed by atoms with Gasteiger partial charge in [0.2, 0.25) is 0 Å². The predicted octanol–water partition coefficient (Wildman–Crippen LogP) is 0.904. The fourth-order valence-electron chi connectivity index (χ4n) is 2.37. The summed E-state index contributed by atoms with van der Waals surface area (Å²) in [6, 6.07) is 0.463. The smallest absolute Gasteiger partial charge is 0.356 e. The lowest BCUT2D eigenvalue weighted by molar-refractivity contribution is 0.0687. The van der Waals surface area contributed by atoms with Crippen LogP contribution >= 0.6 is 0 Å². The Bertz CT molecular complexity index is 448. The van der Waals surface area contributed by atoms with E-state index in [1.54, 1.807) is 0 Å². The van der Waals surface area contributed by atoms with Crippen molar-refractivity contribution in [3.05, 3.63) is 17.0 Å². The molecule has 0 spiro atoms. The van der Waals surface area contributed by atoms with E-state index in [9.17, 15) is 4.79 Å².